The zero-order valence-corrected chi connectivity index (χ0v) is 17.6. The Labute approximate surface area is 177 Å². The average Bonchev–Trinajstić information content (AvgIpc) is 3.11. The van der Waals surface area contributed by atoms with Crippen LogP contribution in [-0.4, -0.2) is 24.5 Å². The van der Waals surface area contributed by atoms with E-state index in [1.807, 2.05) is 6.92 Å². The van der Waals surface area contributed by atoms with E-state index in [9.17, 15) is 18.5 Å². The molecule has 10 heteroatoms. The molecule has 0 atom stereocenters. The molecule has 3 rings (SSSR count). The van der Waals surface area contributed by atoms with E-state index in [4.69, 9.17) is 4.18 Å². The molecule has 0 aliphatic heterocycles. The highest BCUT2D eigenvalue weighted by atomic mass is 32.2. The van der Waals surface area contributed by atoms with Gasteiger partial charge >= 0.3 is 10.1 Å². The van der Waals surface area contributed by atoms with E-state index in [1.54, 1.807) is 43.3 Å². The number of benzene rings is 2. The Morgan fingerprint density at radius 2 is 1.83 bits per heavy atom. The zero-order valence-electron chi connectivity index (χ0n) is 16.0. The number of aryl methyl sites for hydroxylation is 2. The van der Waals surface area contributed by atoms with E-state index in [2.05, 4.69) is 15.5 Å². The van der Waals surface area contributed by atoms with Crippen molar-refractivity contribution in [3.63, 3.8) is 0 Å². The topological polar surface area (TPSA) is 122 Å². The Kier molecular flexibility index (Phi) is 6.25. The molecule has 1 amide bonds. The number of nitriles is 1. The number of nitrogens with zero attached hydrogens (tertiary/aromatic N) is 3. The molecule has 30 heavy (non-hydrogen) atoms. The third-order valence-corrected chi connectivity index (χ3v) is 5.84. The minimum absolute atomic E-state index is 0.00299. The number of para-hydroxylation sites is 1. The van der Waals surface area contributed by atoms with E-state index < -0.39 is 16.0 Å². The first kappa shape index (κ1) is 21.2. The van der Waals surface area contributed by atoms with Crippen LogP contribution in [0.25, 0.3) is 6.08 Å². The number of carbonyl (C=O) groups excluding carboxylic acids is 1. The van der Waals surface area contributed by atoms with Crippen LogP contribution in [-0.2, 0) is 14.9 Å². The molecule has 0 aliphatic rings. The van der Waals surface area contributed by atoms with Crippen LogP contribution in [0.2, 0.25) is 0 Å². The van der Waals surface area contributed by atoms with Gasteiger partial charge in [-0.3, -0.25) is 10.1 Å². The number of hydrogen-bond acceptors (Lipinski definition) is 8. The van der Waals surface area contributed by atoms with Crippen molar-refractivity contribution in [2.24, 2.45) is 0 Å². The molecule has 1 aromatic heterocycles. The van der Waals surface area contributed by atoms with Gasteiger partial charge in [0.05, 0.1) is 0 Å². The van der Waals surface area contributed by atoms with Gasteiger partial charge in [0.15, 0.2) is 0 Å². The molecule has 0 spiro atoms. The number of rotatable bonds is 6. The maximum atomic E-state index is 12.6. The molecule has 0 saturated carbocycles. The zero-order chi connectivity index (χ0) is 21.7. The molecule has 3 aromatic rings. The first-order valence-electron chi connectivity index (χ1n) is 8.62. The van der Waals surface area contributed by atoms with E-state index in [1.165, 1.54) is 35.6 Å². The number of amides is 1. The number of carbonyl (C=O) groups is 1. The third-order valence-electron chi connectivity index (χ3n) is 3.84. The molecule has 0 unspecified atom stereocenters. The van der Waals surface area contributed by atoms with Crippen molar-refractivity contribution >= 4 is 38.6 Å². The summed E-state index contributed by atoms with van der Waals surface area (Å²) in [5.74, 6) is -0.699. The highest BCUT2D eigenvalue weighted by Gasteiger charge is 2.19. The second kappa shape index (κ2) is 8.86. The maximum Gasteiger partial charge on any atom is 0.339 e. The summed E-state index contributed by atoms with van der Waals surface area (Å²) >= 11 is 1.17. The summed E-state index contributed by atoms with van der Waals surface area (Å²) < 4.78 is 30.5. The van der Waals surface area contributed by atoms with E-state index in [0.29, 0.717) is 5.01 Å². The van der Waals surface area contributed by atoms with Crippen molar-refractivity contribution in [1.82, 2.24) is 10.2 Å². The minimum atomic E-state index is -4.09. The molecular formula is C20H16N4O4S2. The van der Waals surface area contributed by atoms with Crippen molar-refractivity contribution in [2.75, 3.05) is 5.32 Å². The van der Waals surface area contributed by atoms with Gasteiger partial charge in [0.2, 0.25) is 5.13 Å². The molecule has 152 valence electrons. The SMILES string of the molecule is Cc1ccc(S(=O)(=O)Oc2ccccc2/C=C(\C#N)C(=O)Nc2nnc(C)s2)cc1. The Morgan fingerprint density at radius 3 is 2.47 bits per heavy atom. The number of aromatic nitrogens is 2. The quantitative estimate of drug-likeness (QED) is 0.354. The van der Waals surface area contributed by atoms with Crippen LogP contribution in [0.15, 0.2) is 59.0 Å². The van der Waals surface area contributed by atoms with Gasteiger partial charge in [-0.2, -0.15) is 13.7 Å². The van der Waals surface area contributed by atoms with Gasteiger partial charge in [-0.1, -0.05) is 47.2 Å². The summed E-state index contributed by atoms with van der Waals surface area (Å²) in [4.78, 5) is 12.4. The molecule has 0 radical (unpaired) electrons. The lowest BCUT2D eigenvalue weighted by Crippen LogP contribution is -2.13. The largest absolute Gasteiger partial charge is 0.378 e. The Bertz CT molecular complexity index is 1260. The number of anilines is 1. The fraction of sp³-hybridized carbons (Fsp3) is 0.100. The van der Waals surface area contributed by atoms with E-state index in [0.717, 1.165) is 5.56 Å². The van der Waals surface area contributed by atoms with Gasteiger partial charge in [0.25, 0.3) is 5.91 Å². The monoisotopic (exact) mass is 440 g/mol. The summed E-state index contributed by atoms with van der Waals surface area (Å²) in [6.07, 6.45) is 1.25. The van der Waals surface area contributed by atoms with Crippen molar-refractivity contribution in [2.45, 2.75) is 18.7 Å². The molecular weight excluding hydrogens is 424 g/mol. The van der Waals surface area contributed by atoms with Gasteiger partial charge in [-0.25, -0.2) is 0 Å². The summed E-state index contributed by atoms with van der Waals surface area (Å²) in [5.41, 5.74) is 0.924. The summed E-state index contributed by atoms with van der Waals surface area (Å²) in [7, 11) is -4.09. The number of hydrogen-bond donors (Lipinski definition) is 1. The first-order valence-corrected chi connectivity index (χ1v) is 10.8. The van der Waals surface area contributed by atoms with Crippen LogP contribution in [0.1, 0.15) is 16.1 Å². The Morgan fingerprint density at radius 1 is 1.13 bits per heavy atom. The van der Waals surface area contributed by atoms with Gasteiger partial charge < -0.3 is 4.18 Å². The summed E-state index contributed by atoms with van der Waals surface area (Å²) in [6.45, 7) is 3.57. The highest BCUT2D eigenvalue weighted by Crippen LogP contribution is 2.25. The van der Waals surface area contributed by atoms with Crippen molar-refractivity contribution in [3.05, 3.63) is 70.2 Å². The average molecular weight is 441 g/mol. The second-order valence-electron chi connectivity index (χ2n) is 6.14. The molecule has 2 aromatic carbocycles. The smallest absolute Gasteiger partial charge is 0.339 e. The fourth-order valence-electron chi connectivity index (χ4n) is 2.36. The predicted octanol–water partition coefficient (Wildman–Crippen LogP) is 3.47. The van der Waals surface area contributed by atoms with Crippen LogP contribution in [0.3, 0.4) is 0 Å². The normalized spacial score (nSPS) is 11.6. The third kappa shape index (κ3) is 5.08. The molecule has 0 aliphatic carbocycles. The summed E-state index contributed by atoms with van der Waals surface area (Å²) in [5, 5.41) is 20.4. The standard InChI is InChI=1S/C20H16N4O4S2/c1-13-7-9-17(10-8-13)30(26,27)28-18-6-4-3-5-15(18)11-16(12-21)19(25)22-20-24-23-14(2)29-20/h3-11H,1-2H3,(H,22,24,25)/b16-11+. The fourth-order valence-corrected chi connectivity index (χ4v) is 3.90. The van der Waals surface area contributed by atoms with Gasteiger partial charge in [-0.15, -0.1) is 10.2 Å². The lowest BCUT2D eigenvalue weighted by Gasteiger charge is -2.10. The van der Waals surface area contributed by atoms with Crippen molar-refractivity contribution < 1.29 is 17.4 Å². The van der Waals surface area contributed by atoms with Crippen LogP contribution in [0.4, 0.5) is 5.13 Å². The van der Waals surface area contributed by atoms with Gasteiger partial charge in [0.1, 0.15) is 27.3 Å². The van der Waals surface area contributed by atoms with E-state index >= 15 is 0 Å². The van der Waals surface area contributed by atoms with Crippen LogP contribution in [0.5, 0.6) is 5.75 Å². The van der Waals surface area contributed by atoms with Gasteiger partial charge in [-0.05, 0) is 38.1 Å². The van der Waals surface area contributed by atoms with E-state index in [-0.39, 0.29) is 26.9 Å². The van der Waals surface area contributed by atoms with Gasteiger partial charge in [0, 0.05) is 5.56 Å². The van der Waals surface area contributed by atoms with Crippen LogP contribution >= 0.6 is 11.3 Å². The van der Waals surface area contributed by atoms with Crippen LogP contribution in [0, 0.1) is 25.2 Å². The highest BCUT2D eigenvalue weighted by molar-refractivity contribution is 7.87. The molecule has 0 bridgehead atoms. The molecule has 1 N–H and O–H groups in total. The minimum Gasteiger partial charge on any atom is -0.378 e. The molecule has 0 saturated heterocycles. The predicted molar refractivity (Wildman–Crippen MR) is 112 cm³/mol. The van der Waals surface area contributed by atoms with Crippen molar-refractivity contribution in [3.8, 4) is 11.8 Å². The second-order valence-corrected chi connectivity index (χ2v) is 8.87. The first-order chi connectivity index (χ1) is 14.3. The summed E-state index contributed by atoms with van der Waals surface area (Å²) in [6, 6.07) is 14.2. The molecule has 8 nitrogen and oxygen atoms in total. The van der Waals surface area contributed by atoms with Crippen LogP contribution < -0.4 is 9.50 Å². The molecule has 0 fully saturated rings. The lowest BCUT2D eigenvalue weighted by molar-refractivity contribution is -0.112. The Balaban J connectivity index is 1.89. The maximum absolute atomic E-state index is 12.6. The Hall–Kier alpha value is -3.55. The lowest BCUT2D eigenvalue weighted by atomic mass is 10.1. The van der Waals surface area contributed by atoms with Crippen molar-refractivity contribution in [1.29, 1.82) is 5.26 Å². The number of nitrogens with one attached hydrogen (secondary N) is 1. The molecule has 1 heterocycles.